The Balaban J connectivity index is 3.52. The lowest BCUT2D eigenvalue weighted by atomic mass is 10.1. The molecule has 4 N–H and O–H groups in total. The van der Waals surface area contributed by atoms with Gasteiger partial charge in [-0.15, -0.1) is 0 Å². The molecule has 0 aliphatic carbocycles. The van der Waals surface area contributed by atoms with Crippen LogP contribution in [0.1, 0.15) is 51.9 Å². The van der Waals surface area contributed by atoms with Gasteiger partial charge in [0.15, 0.2) is 0 Å². The molecule has 0 saturated heterocycles. The van der Waals surface area contributed by atoms with Gasteiger partial charge in [-0.3, -0.25) is 4.52 Å². The van der Waals surface area contributed by atoms with Gasteiger partial charge in [-0.1, -0.05) is 45.4 Å². The minimum Gasteiger partial charge on any atom is -0.328 e. The summed E-state index contributed by atoms with van der Waals surface area (Å²) in [4.78, 5) is 17.3. The highest BCUT2D eigenvalue weighted by Gasteiger charge is 2.20. The van der Waals surface area contributed by atoms with Crippen LogP contribution in [0, 0.1) is 0 Å². The largest absolute Gasteiger partial charge is 0.469 e. The maximum Gasteiger partial charge on any atom is 0.469 e. The van der Waals surface area contributed by atoms with E-state index in [1.54, 1.807) is 0 Å². The van der Waals surface area contributed by atoms with Gasteiger partial charge in [-0.25, -0.2) is 4.57 Å². The molecule has 0 aromatic carbocycles. The monoisotopic (exact) mass is 253 g/mol. The first-order valence-electron chi connectivity index (χ1n) is 5.93. The molecular formula is C10H24NO4P. The van der Waals surface area contributed by atoms with E-state index in [1.165, 1.54) is 25.7 Å². The molecule has 0 heterocycles. The van der Waals surface area contributed by atoms with Gasteiger partial charge in [0.1, 0.15) is 0 Å². The smallest absolute Gasteiger partial charge is 0.328 e. The predicted molar refractivity (Wildman–Crippen MR) is 64.0 cm³/mol. The molecule has 1 atom stereocenters. The van der Waals surface area contributed by atoms with Crippen molar-refractivity contribution in [3.8, 4) is 0 Å². The highest BCUT2D eigenvalue weighted by Crippen LogP contribution is 2.38. The van der Waals surface area contributed by atoms with E-state index in [1.807, 2.05) is 0 Å². The average molecular weight is 253 g/mol. The Kier molecular flexibility index (Phi) is 9.18. The van der Waals surface area contributed by atoms with Gasteiger partial charge in [0, 0.05) is 6.54 Å². The standard InChI is InChI=1S/C10H24NO4P/c1-2-3-4-5-6-7-8-10(9-11)15-16(12,13)14/h10H,2-9,11H2,1H3,(H2,12,13,14). The number of nitrogens with two attached hydrogens (primary N) is 1. The highest BCUT2D eigenvalue weighted by molar-refractivity contribution is 7.46. The molecule has 0 fully saturated rings. The fraction of sp³-hybridized carbons (Fsp3) is 1.00. The van der Waals surface area contributed by atoms with Gasteiger partial charge in [0.25, 0.3) is 0 Å². The minimum atomic E-state index is -4.38. The Morgan fingerprint density at radius 2 is 1.75 bits per heavy atom. The van der Waals surface area contributed by atoms with Gasteiger partial charge >= 0.3 is 7.82 Å². The summed E-state index contributed by atoms with van der Waals surface area (Å²) < 4.78 is 15.1. The number of phosphoric ester groups is 1. The van der Waals surface area contributed by atoms with Gasteiger partial charge in [-0.2, -0.15) is 0 Å². The lowest BCUT2D eigenvalue weighted by Gasteiger charge is -2.15. The Bertz CT molecular complexity index is 207. The van der Waals surface area contributed by atoms with E-state index < -0.39 is 13.9 Å². The second-order valence-corrected chi connectivity index (χ2v) is 5.20. The van der Waals surface area contributed by atoms with Crippen LogP contribution in [0.25, 0.3) is 0 Å². The fourth-order valence-electron chi connectivity index (χ4n) is 1.56. The topological polar surface area (TPSA) is 92.8 Å². The van der Waals surface area contributed by atoms with Crippen molar-refractivity contribution in [3.63, 3.8) is 0 Å². The van der Waals surface area contributed by atoms with E-state index >= 15 is 0 Å². The molecule has 0 aliphatic rings. The normalized spacial score (nSPS) is 14.0. The lowest BCUT2D eigenvalue weighted by molar-refractivity contribution is 0.129. The zero-order chi connectivity index (χ0) is 12.4. The molecule has 1 unspecified atom stereocenters. The van der Waals surface area contributed by atoms with Crippen molar-refractivity contribution in [2.45, 2.75) is 58.0 Å². The first-order chi connectivity index (χ1) is 7.49. The predicted octanol–water partition coefficient (Wildman–Crippen LogP) is 2.17. The van der Waals surface area contributed by atoms with Crippen LogP contribution < -0.4 is 5.73 Å². The van der Waals surface area contributed by atoms with Crippen LogP contribution in [0.3, 0.4) is 0 Å². The molecule has 0 saturated carbocycles. The highest BCUT2D eigenvalue weighted by atomic mass is 31.2. The summed E-state index contributed by atoms with van der Waals surface area (Å²) in [5.41, 5.74) is 5.37. The van der Waals surface area contributed by atoms with E-state index in [2.05, 4.69) is 11.4 Å². The molecule has 0 spiro atoms. The summed E-state index contributed by atoms with van der Waals surface area (Å²) in [6, 6.07) is 0. The molecule has 98 valence electrons. The summed E-state index contributed by atoms with van der Waals surface area (Å²) >= 11 is 0. The minimum absolute atomic E-state index is 0.153. The number of hydrogen-bond acceptors (Lipinski definition) is 3. The van der Waals surface area contributed by atoms with Crippen molar-refractivity contribution in [2.75, 3.05) is 6.54 Å². The molecule has 0 radical (unpaired) electrons. The van der Waals surface area contributed by atoms with E-state index in [0.29, 0.717) is 6.42 Å². The Morgan fingerprint density at radius 1 is 1.19 bits per heavy atom. The van der Waals surface area contributed by atoms with Crippen molar-refractivity contribution in [1.82, 2.24) is 0 Å². The van der Waals surface area contributed by atoms with E-state index in [9.17, 15) is 4.57 Å². The van der Waals surface area contributed by atoms with Crippen molar-refractivity contribution >= 4 is 7.82 Å². The summed E-state index contributed by atoms with van der Waals surface area (Å²) in [7, 11) is -4.38. The lowest BCUT2D eigenvalue weighted by Crippen LogP contribution is -2.22. The number of rotatable bonds is 10. The van der Waals surface area contributed by atoms with Gasteiger partial charge in [0.2, 0.25) is 0 Å². The molecule has 0 aromatic heterocycles. The molecular weight excluding hydrogens is 229 g/mol. The Labute approximate surface area is 97.6 Å². The third-order valence-electron chi connectivity index (χ3n) is 2.43. The van der Waals surface area contributed by atoms with Crippen LogP contribution in [0.2, 0.25) is 0 Å². The average Bonchev–Trinajstić information content (AvgIpc) is 2.19. The number of hydrogen-bond donors (Lipinski definition) is 3. The maximum atomic E-state index is 10.6. The van der Waals surface area contributed by atoms with Crippen molar-refractivity contribution < 1.29 is 18.9 Å². The zero-order valence-electron chi connectivity index (χ0n) is 9.97. The fourth-order valence-corrected chi connectivity index (χ4v) is 2.14. The third kappa shape index (κ3) is 10.6. The number of unbranched alkanes of at least 4 members (excludes halogenated alkanes) is 5. The Hall–Kier alpha value is 0.0700. The Morgan fingerprint density at radius 3 is 2.25 bits per heavy atom. The molecule has 0 aromatic rings. The van der Waals surface area contributed by atoms with Crippen molar-refractivity contribution in [2.24, 2.45) is 5.73 Å². The maximum absolute atomic E-state index is 10.6. The van der Waals surface area contributed by atoms with Crippen molar-refractivity contribution in [3.05, 3.63) is 0 Å². The second-order valence-electron chi connectivity index (χ2n) is 4.01. The molecule has 0 aliphatic heterocycles. The summed E-state index contributed by atoms with van der Waals surface area (Å²) in [6.07, 6.45) is 6.93. The molecule has 6 heteroatoms. The molecule has 16 heavy (non-hydrogen) atoms. The van der Waals surface area contributed by atoms with E-state index in [4.69, 9.17) is 15.5 Å². The van der Waals surface area contributed by atoms with Gasteiger partial charge in [0.05, 0.1) is 6.10 Å². The third-order valence-corrected chi connectivity index (χ3v) is 3.00. The van der Waals surface area contributed by atoms with Crippen LogP contribution in [0.5, 0.6) is 0 Å². The SMILES string of the molecule is CCCCCCCCC(CN)OP(=O)(O)O. The van der Waals surface area contributed by atoms with Crippen LogP contribution in [-0.4, -0.2) is 22.4 Å². The second kappa shape index (κ2) is 9.14. The molecule has 0 rings (SSSR count). The molecule has 5 nitrogen and oxygen atoms in total. The summed E-state index contributed by atoms with van der Waals surface area (Å²) in [6.45, 7) is 2.32. The number of phosphoric acid groups is 1. The van der Waals surface area contributed by atoms with Crippen LogP contribution >= 0.6 is 7.82 Å². The van der Waals surface area contributed by atoms with Crippen LogP contribution in [-0.2, 0) is 9.09 Å². The first kappa shape index (κ1) is 16.1. The van der Waals surface area contributed by atoms with E-state index in [-0.39, 0.29) is 6.54 Å². The van der Waals surface area contributed by atoms with Gasteiger partial charge in [-0.05, 0) is 6.42 Å². The summed E-state index contributed by atoms with van der Waals surface area (Å²) in [5, 5.41) is 0. The van der Waals surface area contributed by atoms with Crippen LogP contribution in [0.4, 0.5) is 0 Å². The first-order valence-corrected chi connectivity index (χ1v) is 7.46. The zero-order valence-corrected chi connectivity index (χ0v) is 10.9. The van der Waals surface area contributed by atoms with Crippen molar-refractivity contribution in [1.29, 1.82) is 0 Å². The van der Waals surface area contributed by atoms with E-state index in [0.717, 1.165) is 12.8 Å². The molecule has 0 bridgehead atoms. The van der Waals surface area contributed by atoms with Crippen LogP contribution in [0.15, 0.2) is 0 Å². The quantitative estimate of drug-likeness (QED) is 0.410. The molecule has 0 amide bonds. The summed E-state index contributed by atoms with van der Waals surface area (Å²) in [5.74, 6) is 0. The van der Waals surface area contributed by atoms with Gasteiger partial charge < -0.3 is 15.5 Å².